The molecule has 0 unspecified atom stereocenters. The van der Waals surface area contributed by atoms with E-state index in [9.17, 15) is 0 Å². The van der Waals surface area contributed by atoms with Crippen LogP contribution in [-0.2, 0) is 0 Å². The fourth-order valence-electron chi connectivity index (χ4n) is 1.38. The van der Waals surface area contributed by atoms with Crippen molar-refractivity contribution < 1.29 is 0 Å². The van der Waals surface area contributed by atoms with Gasteiger partial charge in [-0.15, -0.1) is 0 Å². The van der Waals surface area contributed by atoms with Crippen molar-refractivity contribution in [3.8, 4) is 6.07 Å². The molecule has 0 aliphatic heterocycles. The number of rotatable bonds is 2. The van der Waals surface area contributed by atoms with Crippen LogP contribution >= 0.6 is 31.9 Å². The smallest absolute Gasteiger partial charge is 0.153 e. The molecular formula is C12H8Br2N4. The lowest BCUT2D eigenvalue weighted by Gasteiger charge is -2.11. The number of nitrogens with two attached hydrogens (primary N) is 1. The largest absolute Gasteiger partial charge is 0.396 e. The van der Waals surface area contributed by atoms with Crippen LogP contribution in [0, 0.1) is 11.3 Å². The highest BCUT2D eigenvalue weighted by Gasteiger charge is 2.08. The summed E-state index contributed by atoms with van der Waals surface area (Å²) in [5.41, 5.74) is 7.53. The molecule has 0 aliphatic carbocycles. The van der Waals surface area contributed by atoms with E-state index in [1.54, 1.807) is 6.07 Å². The second-order valence-electron chi connectivity index (χ2n) is 3.50. The van der Waals surface area contributed by atoms with E-state index in [2.05, 4.69) is 42.2 Å². The number of aromatic nitrogens is 1. The van der Waals surface area contributed by atoms with Crippen LogP contribution in [0.15, 0.2) is 39.4 Å². The molecule has 1 aromatic carbocycles. The highest BCUT2D eigenvalue weighted by atomic mass is 79.9. The number of nitrogen functional groups attached to an aromatic ring is 1. The van der Waals surface area contributed by atoms with E-state index < -0.39 is 0 Å². The number of benzene rings is 1. The van der Waals surface area contributed by atoms with Gasteiger partial charge in [-0.1, -0.05) is 6.07 Å². The number of anilines is 3. The summed E-state index contributed by atoms with van der Waals surface area (Å²) in [7, 11) is 0. The van der Waals surface area contributed by atoms with Gasteiger partial charge in [0.15, 0.2) is 5.82 Å². The van der Waals surface area contributed by atoms with E-state index >= 15 is 0 Å². The topological polar surface area (TPSA) is 74.7 Å². The van der Waals surface area contributed by atoms with Crippen LogP contribution in [0.5, 0.6) is 0 Å². The van der Waals surface area contributed by atoms with Crippen LogP contribution in [0.3, 0.4) is 0 Å². The number of nitriles is 1. The molecule has 4 nitrogen and oxygen atoms in total. The molecule has 2 aromatic rings. The van der Waals surface area contributed by atoms with E-state index in [4.69, 9.17) is 11.0 Å². The minimum Gasteiger partial charge on any atom is -0.396 e. The Morgan fingerprint density at radius 3 is 2.50 bits per heavy atom. The van der Waals surface area contributed by atoms with Crippen molar-refractivity contribution >= 4 is 49.1 Å². The van der Waals surface area contributed by atoms with Gasteiger partial charge in [-0.3, -0.25) is 0 Å². The van der Waals surface area contributed by atoms with Gasteiger partial charge < -0.3 is 11.1 Å². The van der Waals surface area contributed by atoms with Gasteiger partial charge in [0, 0.05) is 15.1 Å². The maximum Gasteiger partial charge on any atom is 0.153 e. The van der Waals surface area contributed by atoms with Crippen LogP contribution in [0.25, 0.3) is 0 Å². The maximum absolute atomic E-state index is 8.75. The zero-order valence-electron chi connectivity index (χ0n) is 9.11. The molecule has 0 bridgehead atoms. The summed E-state index contributed by atoms with van der Waals surface area (Å²) in [6.07, 6.45) is 1.48. The second-order valence-corrected chi connectivity index (χ2v) is 5.20. The number of hydrogen-bond donors (Lipinski definition) is 2. The van der Waals surface area contributed by atoms with Gasteiger partial charge in [-0.2, -0.15) is 5.26 Å². The molecule has 0 spiro atoms. The third-order valence-electron chi connectivity index (χ3n) is 2.25. The molecule has 0 fully saturated rings. The summed E-state index contributed by atoms with van der Waals surface area (Å²) < 4.78 is 1.78. The van der Waals surface area contributed by atoms with Gasteiger partial charge in [0.25, 0.3) is 0 Å². The van der Waals surface area contributed by atoms with Gasteiger partial charge in [0.05, 0.1) is 16.9 Å². The number of nitrogens with one attached hydrogen (secondary N) is 1. The number of pyridine rings is 1. The molecule has 0 saturated heterocycles. The Kier molecular flexibility index (Phi) is 3.84. The summed E-state index contributed by atoms with van der Waals surface area (Å²) >= 11 is 6.89. The fraction of sp³-hybridized carbons (Fsp3) is 0. The molecular weight excluding hydrogens is 360 g/mol. The van der Waals surface area contributed by atoms with E-state index in [1.807, 2.05) is 24.3 Å². The molecule has 0 saturated carbocycles. The van der Waals surface area contributed by atoms with Gasteiger partial charge in [0.1, 0.15) is 6.07 Å². The van der Waals surface area contributed by atoms with Crippen molar-refractivity contribution in [2.45, 2.75) is 0 Å². The van der Waals surface area contributed by atoms with E-state index in [-0.39, 0.29) is 0 Å². The second kappa shape index (κ2) is 5.38. The molecule has 90 valence electrons. The van der Waals surface area contributed by atoms with Crippen LogP contribution in [0.2, 0.25) is 0 Å². The van der Waals surface area contributed by atoms with Crippen molar-refractivity contribution in [2.24, 2.45) is 0 Å². The van der Waals surface area contributed by atoms with Gasteiger partial charge in [0.2, 0.25) is 0 Å². The predicted octanol–water partition coefficient (Wildman–Crippen LogP) is 3.80. The molecule has 6 heteroatoms. The predicted molar refractivity (Wildman–Crippen MR) is 78.5 cm³/mol. The van der Waals surface area contributed by atoms with Crippen molar-refractivity contribution in [2.75, 3.05) is 11.1 Å². The van der Waals surface area contributed by atoms with Crippen LogP contribution < -0.4 is 11.1 Å². The molecule has 1 aromatic heterocycles. The first-order valence-corrected chi connectivity index (χ1v) is 6.57. The summed E-state index contributed by atoms with van der Waals surface area (Å²) in [6, 6.07) is 9.31. The highest BCUT2D eigenvalue weighted by molar-refractivity contribution is 9.11. The average Bonchev–Trinajstić information content (AvgIpc) is 2.35. The number of nitrogens with zero attached hydrogens (tertiary/aromatic N) is 2. The third-order valence-corrected chi connectivity index (χ3v) is 3.57. The molecule has 0 radical (unpaired) electrons. The minimum absolute atomic E-state index is 0.428. The lowest BCUT2D eigenvalue weighted by molar-refractivity contribution is 1.28. The maximum atomic E-state index is 8.75. The Bertz CT molecular complexity index is 614. The quantitative estimate of drug-likeness (QED) is 0.846. The number of para-hydroxylation sites is 1. The monoisotopic (exact) mass is 366 g/mol. The first-order valence-electron chi connectivity index (χ1n) is 4.98. The van der Waals surface area contributed by atoms with Crippen molar-refractivity contribution in [1.29, 1.82) is 5.26 Å². The zero-order chi connectivity index (χ0) is 13.1. The fourth-order valence-corrected chi connectivity index (χ4v) is 2.58. The molecule has 2 rings (SSSR count). The first kappa shape index (κ1) is 12.9. The van der Waals surface area contributed by atoms with E-state index in [0.717, 1.165) is 14.6 Å². The normalized spacial score (nSPS) is 9.83. The molecule has 3 N–H and O–H groups in total. The van der Waals surface area contributed by atoms with Crippen molar-refractivity contribution in [3.63, 3.8) is 0 Å². The SMILES string of the molecule is N#Cc1cnc(Nc2c(Br)cccc2Br)c(N)c1. The number of hydrogen-bond acceptors (Lipinski definition) is 4. The Balaban J connectivity index is 2.38. The van der Waals surface area contributed by atoms with Gasteiger partial charge in [-0.25, -0.2) is 4.98 Å². The summed E-state index contributed by atoms with van der Waals surface area (Å²) in [6.45, 7) is 0. The molecule has 0 aliphatic rings. The number of halogens is 2. The van der Waals surface area contributed by atoms with Gasteiger partial charge in [-0.05, 0) is 50.1 Å². The summed E-state index contributed by atoms with van der Waals surface area (Å²) in [5.74, 6) is 0.515. The van der Waals surface area contributed by atoms with Crippen LogP contribution in [0.1, 0.15) is 5.56 Å². The highest BCUT2D eigenvalue weighted by Crippen LogP contribution is 2.33. The molecule has 1 heterocycles. The first-order chi connectivity index (χ1) is 8.61. The lowest BCUT2D eigenvalue weighted by atomic mass is 10.2. The van der Waals surface area contributed by atoms with Crippen LogP contribution in [-0.4, -0.2) is 4.98 Å². The van der Waals surface area contributed by atoms with Crippen LogP contribution in [0.4, 0.5) is 17.2 Å². The van der Waals surface area contributed by atoms with E-state index in [0.29, 0.717) is 17.1 Å². The Morgan fingerprint density at radius 1 is 1.28 bits per heavy atom. The zero-order valence-corrected chi connectivity index (χ0v) is 12.3. The molecule has 0 amide bonds. The molecule has 18 heavy (non-hydrogen) atoms. The molecule has 0 atom stereocenters. The average molecular weight is 368 g/mol. The Labute approximate surface area is 121 Å². The summed E-state index contributed by atoms with van der Waals surface area (Å²) in [5, 5.41) is 11.9. The Hall–Kier alpha value is -1.58. The standard InChI is InChI=1S/C12H8Br2N4/c13-8-2-1-3-9(14)11(8)18-12-10(16)4-7(5-15)6-17-12/h1-4,6H,16H2,(H,17,18). The van der Waals surface area contributed by atoms with Gasteiger partial charge >= 0.3 is 0 Å². The minimum atomic E-state index is 0.428. The van der Waals surface area contributed by atoms with E-state index in [1.165, 1.54) is 6.20 Å². The summed E-state index contributed by atoms with van der Waals surface area (Å²) in [4.78, 5) is 4.13. The van der Waals surface area contributed by atoms with Crippen molar-refractivity contribution in [1.82, 2.24) is 4.98 Å². The van der Waals surface area contributed by atoms with Crippen molar-refractivity contribution in [3.05, 3.63) is 45.0 Å². The third kappa shape index (κ3) is 2.63. The Morgan fingerprint density at radius 2 is 1.94 bits per heavy atom. The lowest BCUT2D eigenvalue weighted by Crippen LogP contribution is -2.00.